The molecule has 0 bridgehead atoms. The summed E-state index contributed by atoms with van der Waals surface area (Å²) in [6.07, 6.45) is -16.9. The number of phenolic OH excluding ortho intramolecular Hbond substituents is 3. The molecule has 66 heavy (non-hydrogen) atoms. The van der Waals surface area contributed by atoms with Gasteiger partial charge in [0.1, 0.15) is 71.8 Å². The smallest absolute Gasteiger partial charge is 0.325 e. The molecule has 0 aromatic heterocycles. The lowest BCUT2D eigenvalue weighted by Gasteiger charge is -2.49. The van der Waals surface area contributed by atoms with Crippen LogP contribution in [0.25, 0.3) is 11.1 Å². The lowest BCUT2D eigenvalue weighted by Crippen LogP contribution is -2.67. The third kappa shape index (κ3) is 8.12. The summed E-state index contributed by atoms with van der Waals surface area (Å²) in [6, 6.07) is 1.99. The number of nitrogens with zero attached hydrogens (tertiary/aromatic N) is 2. The van der Waals surface area contributed by atoms with Crippen LogP contribution in [0.5, 0.6) is 23.0 Å². The van der Waals surface area contributed by atoms with Gasteiger partial charge in [0.25, 0.3) is 5.91 Å². The van der Waals surface area contributed by atoms with Gasteiger partial charge in [-0.2, -0.15) is 0 Å². The van der Waals surface area contributed by atoms with Crippen molar-refractivity contribution in [3.63, 3.8) is 0 Å². The fraction of sp³-hybridized carbons (Fsp3) is 0.477. The van der Waals surface area contributed by atoms with Crippen LogP contribution in [0.15, 0.2) is 24.3 Å². The van der Waals surface area contributed by atoms with Gasteiger partial charge < -0.3 is 84.8 Å². The maximum Gasteiger partial charge on any atom is 0.325 e. The van der Waals surface area contributed by atoms with Gasteiger partial charge in [-0.1, -0.05) is 6.07 Å². The summed E-state index contributed by atoms with van der Waals surface area (Å²) < 4.78 is 29.4. The summed E-state index contributed by atoms with van der Waals surface area (Å²) in [5.41, 5.74) is -3.70. The number of aromatic hydroxyl groups is 3. The van der Waals surface area contributed by atoms with E-state index in [1.807, 2.05) is 0 Å². The van der Waals surface area contributed by atoms with E-state index < -0.39 is 160 Å². The Morgan fingerprint density at radius 1 is 0.833 bits per heavy atom. The van der Waals surface area contributed by atoms with Gasteiger partial charge in [-0.3, -0.25) is 24.0 Å². The SMILES string of the molecule is COc1cc(O)c2c(c1)C(=O)c1c(cc3c(c1O)-c1c(cc(C)c(C(=O)NC(C)C(=O)O)c1O)[C@H](OC1OC(C)C(N(C)C(=O)CN(C)C)C(OC4OCC(O)C(O)C4O)C1O)[C@H]3O)C2=O. The molecule has 22 heteroatoms. The van der Waals surface area contributed by atoms with Crippen LogP contribution < -0.4 is 10.1 Å². The molecular weight excluding hydrogens is 874 g/mol. The number of carbonyl (C=O) groups is 5. The van der Waals surface area contributed by atoms with Gasteiger partial charge in [-0.25, -0.2) is 0 Å². The van der Waals surface area contributed by atoms with Gasteiger partial charge in [0.2, 0.25) is 5.91 Å². The highest BCUT2D eigenvalue weighted by Crippen LogP contribution is 2.57. The summed E-state index contributed by atoms with van der Waals surface area (Å²) in [6.45, 7) is 3.48. The van der Waals surface area contributed by atoms with Crippen molar-refractivity contribution < 1.29 is 93.6 Å². The normalized spacial score (nSPS) is 28.4. The number of aliphatic hydroxyl groups is 5. The van der Waals surface area contributed by atoms with Crippen LogP contribution in [0.3, 0.4) is 0 Å². The Morgan fingerprint density at radius 3 is 2.11 bits per heavy atom. The maximum atomic E-state index is 14.2. The number of ketones is 2. The molecule has 0 radical (unpaired) electrons. The van der Waals surface area contributed by atoms with Gasteiger partial charge in [-0.05, 0) is 63.7 Å². The number of phenols is 3. The van der Waals surface area contributed by atoms with Crippen LogP contribution in [0.1, 0.15) is 84.9 Å². The van der Waals surface area contributed by atoms with Crippen molar-refractivity contribution in [2.24, 2.45) is 0 Å². The highest BCUT2D eigenvalue weighted by molar-refractivity contribution is 6.31. The molecule has 4 aliphatic rings. The molecule has 10 N–H and O–H groups in total. The number of carboxylic acid groups (broad SMARTS) is 1. The van der Waals surface area contributed by atoms with E-state index in [2.05, 4.69) is 5.32 Å². The van der Waals surface area contributed by atoms with Crippen molar-refractivity contribution in [3.05, 3.63) is 68.8 Å². The number of aliphatic hydroxyl groups excluding tert-OH is 5. The number of amides is 2. The first kappa shape index (κ1) is 48.2. The lowest BCUT2D eigenvalue weighted by atomic mass is 9.74. The number of hydrogen-bond acceptors (Lipinski definition) is 19. The molecule has 22 nitrogen and oxygen atoms in total. The highest BCUT2D eigenvalue weighted by atomic mass is 16.7. The Bertz CT molecular complexity index is 2490. The number of carboxylic acids is 1. The largest absolute Gasteiger partial charge is 0.507 e. The summed E-state index contributed by atoms with van der Waals surface area (Å²) in [5.74, 6) is -7.29. The Kier molecular flexibility index (Phi) is 13.2. The number of ether oxygens (including phenoxy) is 5. The molecule has 3 aromatic carbocycles. The first-order valence-electron chi connectivity index (χ1n) is 20.7. The lowest BCUT2D eigenvalue weighted by molar-refractivity contribution is -0.345. The summed E-state index contributed by atoms with van der Waals surface area (Å²) in [5, 5.41) is 103. The molecule has 2 amide bonds. The van der Waals surface area contributed by atoms with Crippen molar-refractivity contribution in [2.45, 2.75) is 94.3 Å². The molecule has 12 atom stereocenters. The van der Waals surface area contributed by atoms with Crippen LogP contribution in [0.2, 0.25) is 0 Å². The molecule has 2 saturated heterocycles. The Balaban J connectivity index is 1.37. The fourth-order valence-electron chi connectivity index (χ4n) is 8.96. The zero-order valence-electron chi connectivity index (χ0n) is 36.7. The Hall–Kier alpha value is -5.79. The number of likely N-dealkylation sites (N-methyl/N-ethyl adjacent to an activating group) is 2. The van der Waals surface area contributed by atoms with Gasteiger partial charge in [0.05, 0.1) is 49.1 Å². The number of aryl methyl sites for hydroxylation is 1. The second-order valence-corrected chi connectivity index (χ2v) is 17.0. The summed E-state index contributed by atoms with van der Waals surface area (Å²) >= 11 is 0. The van der Waals surface area contributed by atoms with Gasteiger partial charge in [-0.15, -0.1) is 0 Å². The van der Waals surface area contributed by atoms with Gasteiger partial charge in [0, 0.05) is 35.4 Å². The summed E-state index contributed by atoms with van der Waals surface area (Å²) in [7, 11) is 5.98. The first-order chi connectivity index (χ1) is 31.0. The minimum absolute atomic E-state index is 0.000498. The minimum Gasteiger partial charge on any atom is -0.507 e. The predicted octanol–water partition coefficient (Wildman–Crippen LogP) is -0.811. The van der Waals surface area contributed by atoms with E-state index in [9.17, 15) is 69.9 Å². The molecular formula is C44H51N3O19. The van der Waals surface area contributed by atoms with Crippen LogP contribution in [0.4, 0.5) is 0 Å². The number of nitrogens with one attached hydrogen (secondary N) is 1. The van der Waals surface area contributed by atoms with Crippen molar-refractivity contribution in [2.75, 3.05) is 41.4 Å². The van der Waals surface area contributed by atoms with E-state index in [-0.39, 0.29) is 34.5 Å². The van der Waals surface area contributed by atoms with Crippen molar-refractivity contribution in [1.82, 2.24) is 15.1 Å². The van der Waals surface area contributed by atoms with Crippen LogP contribution in [-0.2, 0) is 28.5 Å². The first-order valence-corrected chi connectivity index (χ1v) is 20.7. The topological polar surface area (TPSA) is 332 Å². The molecule has 10 unspecified atom stereocenters. The second-order valence-electron chi connectivity index (χ2n) is 17.0. The zero-order valence-corrected chi connectivity index (χ0v) is 36.7. The Labute approximate surface area is 376 Å². The molecule has 356 valence electrons. The molecule has 2 heterocycles. The number of fused-ring (bicyclic) bond motifs is 5. The van der Waals surface area contributed by atoms with Crippen molar-refractivity contribution >= 4 is 29.4 Å². The van der Waals surface area contributed by atoms with E-state index in [4.69, 9.17) is 23.7 Å². The minimum atomic E-state index is -1.96. The van der Waals surface area contributed by atoms with E-state index >= 15 is 0 Å². The fourth-order valence-corrected chi connectivity index (χ4v) is 8.96. The van der Waals surface area contributed by atoms with E-state index in [1.54, 1.807) is 19.0 Å². The third-order valence-electron chi connectivity index (χ3n) is 12.3. The van der Waals surface area contributed by atoms with E-state index in [0.717, 1.165) is 12.1 Å². The van der Waals surface area contributed by atoms with E-state index in [1.165, 1.54) is 52.0 Å². The van der Waals surface area contributed by atoms with E-state index in [0.29, 0.717) is 0 Å². The van der Waals surface area contributed by atoms with Gasteiger partial charge >= 0.3 is 5.97 Å². The zero-order chi connectivity index (χ0) is 48.5. The monoisotopic (exact) mass is 925 g/mol. The third-order valence-corrected chi connectivity index (χ3v) is 12.3. The molecule has 2 aliphatic carbocycles. The van der Waals surface area contributed by atoms with Crippen LogP contribution >= 0.6 is 0 Å². The average molecular weight is 926 g/mol. The molecule has 7 rings (SSSR count). The summed E-state index contributed by atoms with van der Waals surface area (Å²) in [4.78, 5) is 69.9. The van der Waals surface area contributed by atoms with Crippen LogP contribution in [-0.4, -0.2) is 188 Å². The van der Waals surface area contributed by atoms with Crippen molar-refractivity contribution in [3.8, 4) is 34.1 Å². The van der Waals surface area contributed by atoms with Gasteiger partial charge in [0.15, 0.2) is 24.1 Å². The molecule has 0 saturated carbocycles. The molecule has 0 spiro atoms. The molecule has 3 aromatic rings. The number of rotatable bonds is 11. The maximum absolute atomic E-state index is 14.2. The standard InChI is InChI=1S/C44H51N3O19/c1-14-8-21-28(35(55)25(14)41(59)45-15(2)42(60)61)27-19(11-20-29(36(27)56)32(52)18-9-17(62-7)10-22(48)26(18)31(20)51)33(53)39(21)65-44-38(58)40(66-43-37(57)34(54)23(49)13-63-43)30(16(3)64-44)47(6)24(50)12-46(4)5/h8-11,15-16,23,30,33-34,37-40,43-44,48-49,53-58H,12-13H2,1-7H3,(H,45,59)(H,60,61)/t15?,16?,23?,30?,33-,34?,37?,38?,39-,40?,43?,44?/m0/s1. The number of hydrogen-bond donors (Lipinski definition) is 10. The predicted molar refractivity (Wildman–Crippen MR) is 223 cm³/mol. The Morgan fingerprint density at radius 2 is 1.47 bits per heavy atom. The number of methoxy groups -OCH3 is 1. The second kappa shape index (κ2) is 18.1. The quantitative estimate of drug-likeness (QED) is 0.0879. The highest BCUT2D eigenvalue weighted by Gasteiger charge is 2.53. The molecule has 2 aliphatic heterocycles. The number of benzene rings is 3. The molecule has 2 fully saturated rings. The van der Waals surface area contributed by atoms with Crippen LogP contribution in [0, 0.1) is 6.92 Å². The number of aliphatic carboxylic acids is 1. The average Bonchev–Trinajstić information content (AvgIpc) is 3.24. The number of carbonyl (C=O) groups excluding carboxylic acids is 4. The van der Waals surface area contributed by atoms with Crippen molar-refractivity contribution in [1.29, 1.82) is 0 Å².